The molecule has 0 aliphatic rings. The van der Waals surface area contributed by atoms with Gasteiger partial charge < -0.3 is 16.2 Å². The molecule has 0 fully saturated rings. The Kier molecular flexibility index (Phi) is 5.85. The summed E-state index contributed by atoms with van der Waals surface area (Å²) < 4.78 is 0. The smallest absolute Gasteiger partial charge is 0.303 e. The highest BCUT2D eigenvalue weighted by Gasteiger charge is 2.08. The Labute approximate surface area is 112 Å². The third-order valence-electron chi connectivity index (χ3n) is 2.95. The van der Waals surface area contributed by atoms with Crippen molar-refractivity contribution in [2.45, 2.75) is 26.2 Å². The summed E-state index contributed by atoms with van der Waals surface area (Å²) in [6.45, 7) is 2.53. The molecule has 4 N–H and O–H groups in total. The number of amides is 1. The van der Waals surface area contributed by atoms with Crippen LogP contribution in [0.25, 0.3) is 0 Å². The number of hydrogen-bond acceptors (Lipinski definition) is 3. The Balaban J connectivity index is 2.27. The molecule has 0 saturated carbocycles. The lowest BCUT2D eigenvalue weighted by molar-refractivity contribution is -0.137. The maximum atomic E-state index is 11.8. The molecule has 0 radical (unpaired) electrons. The van der Waals surface area contributed by atoms with Crippen LogP contribution in [0.1, 0.15) is 36.5 Å². The van der Waals surface area contributed by atoms with Crippen molar-refractivity contribution in [2.24, 2.45) is 5.92 Å². The van der Waals surface area contributed by atoms with Gasteiger partial charge in [-0.1, -0.05) is 6.92 Å². The minimum absolute atomic E-state index is 0.134. The molecule has 1 unspecified atom stereocenters. The van der Waals surface area contributed by atoms with Gasteiger partial charge in [-0.05, 0) is 43.0 Å². The number of carboxylic acid groups (broad SMARTS) is 1. The van der Waals surface area contributed by atoms with Crippen molar-refractivity contribution in [2.75, 3.05) is 12.3 Å². The van der Waals surface area contributed by atoms with E-state index < -0.39 is 5.97 Å². The average Bonchev–Trinajstić information content (AvgIpc) is 2.37. The zero-order valence-corrected chi connectivity index (χ0v) is 11.1. The van der Waals surface area contributed by atoms with Gasteiger partial charge in [-0.2, -0.15) is 0 Å². The van der Waals surface area contributed by atoms with E-state index in [0.29, 0.717) is 24.2 Å². The zero-order valence-electron chi connectivity index (χ0n) is 11.1. The van der Waals surface area contributed by atoms with Crippen LogP contribution in [0.3, 0.4) is 0 Å². The Morgan fingerprint density at radius 1 is 1.26 bits per heavy atom. The first-order chi connectivity index (χ1) is 8.99. The van der Waals surface area contributed by atoms with Crippen LogP contribution in [-0.4, -0.2) is 23.5 Å². The van der Waals surface area contributed by atoms with Gasteiger partial charge in [0, 0.05) is 24.2 Å². The molecule has 0 saturated heterocycles. The maximum Gasteiger partial charge on any atom is 0.303 e. The predicted octanol–water partition coefficient (Wildman–Crippen LogP) is 1.89. The van der Waals surface area contributed by atoms with Gasteiger partial charge in [-0.15, -0.1) is 0 Å². The fraction of sp³-hybridized carbons (Fsp3) is 0.429. The summed E-state index contributed by atoms with van der Waals surface area (Å²) in [5.41, 5.74) is 6.74. The number of carbonyl (C=O) groups excluding carboxylic acids is 1. The van der Waals surface area contributed by atoms with Gasteiger partial charge in [0.05, 0.1) is 0 Å². The number of hydrogen-bond donors (Lipinski definition) is 3. The summed E-state index contributed by atoms with van der Waals surface area (Å²) in [6.07, 6.45) is 1.58. The Bertz CT molecular complexity index is 429. The molecule has 1 amide bonds. The van der Waals surface area contributed by atoms with E-state index >= 15 is 0 Å². The van der Waals surface area contributed by atoms with Crippen LogP contribution < -0.4 is 11.1 Å². The molecule has 0 aliphatic carbocycles. The summed E-state index contributed by atoms with van der Waals surface area (Å²) in [5.74, 6) is -0.633. The molecule has 5 nitrogen and oxygen atoms in total. The normalized spacial score (nSPS) is 11.8. The van der Waals surface area contributed by atoms with Crippen LogP contribution in [0.4, 0.5) is 5.69 Å². The second kappa shape index (κ2) is 7.41. The van der Waals surface area contributed by atoms with Crippen molar-refractivity contribution in [3.8, 4) is 0 Å². The standard InChI is InChI=1S/C14H20N2O3/c1-10(2-7-13(17)18)8-9-16-14(19)11-3-5-12(15)6-4-11/h3-6,10H,2,7-9,15H2,1H3,(H,16,19)(H,17,18). The number of carbonyl (C=O) groups is 2. The van der Waals surface area contributed by atoms with E-state index in [9.17, 15) is 9.59 Å². The number of nitrogen functional groups attached to an aromatic ring is 1. The van der Waals surface area contributed by atoms with E-state index in [0.717, 1.165) is 6.42 Å². The largest absolute Gasteiger partial charge is 0.481 e. The van der Waals surface area contributed by atoms with Crippen molar-refractivity contribution < 1.29 is 14.7 Å². The molecule has 0 spiro atoms. The van der Waals surface area contributed by atoms with E-state index in [1.165, 1.54) is 0 Å². The first-order valence-electron chi connectivity index (χ1n) is 6.34. The number of nitrogens with one attached hydrogen (secondary N) is 1. The van der Waals surface area contributed by atoms with Gasteiger partial charge >= 0.3 is 5.97 Å². The van der Waals surface area contributed by atoms with Gasteiger partial charge in [0.2, 0.25) is 0 Å². The van der Waals surface area contributed by atoms with Crippen molar-refractivity contribution in [3.05, 3.63) is 29.8 Å². The molecule has 5 heteroatoms. The molecule has 104 valence electrons. The van der Waals surface area contributed by atoms with Crippen LogP contribution in [-0.2, 0) is 4.79 Å². The second-order valence-electron chi connectivity index (χ2n) is 4.70. The molecule has 19 heavy (non-hydrogen) atoms. The highest BCUT2D eigenvalue weighted by molar-refractivity contribution is 5.94. The molecule has 0 bridgehead atoms. The molecular formula is C14H20N2O3. The van der Waals surface area contributed by atoms with E-state index in [1.54, 1.807) is 24.3 Å². The minimum atomic E-state index is -0.780. The highest BCUT2D eigenvalue weighted by atomic mass is 16.4. The number of benzene rings is 1. The van der Waals surface area contributed by atoms with Gasteiger partial charge in [-0.3, -0.25) is 9.59 Å². The van der Waals surface area contributed by atoms with E-state index in [1.807, 2.05) is 6.92 Å². The maximum absolute atomic E-state index is 11.8. The Morgan fingerprint density at radius 3 is 2.47 bits per heavy atom. The van der Waals surface area contributed by atoms with E-state index in [-0.39, 0.29) is 18.2 Å². The number of nitrogens with two attached hydrogens (primary N) is 1. The number of aliphatic carboxylic acids is 1. The van der Waals surface area contributed by atoms with Gasteiger partial charge in [0.25, 0.3) is 5.91 Å². The van der Waals surface area contributed by atoms with Gasteiger partial charge in [0.1, 0.15) is 0 Å². The lowest BCUT2D eigenvalue weighted by atomic mass is 10.0. The van der Waals surface area contributed by atoms with Crippen LogP contribution in [0.15, 0.2) is 24.3 Å². The van der Waals surface area contributed by atoms with Crippen molar-refractivity contribution >= 4 is 17.6 Å². The fourth-order valence-corrected chi connectivity index (χ4v) is 1.68. The van der Waals surface area contributed by atoms with Crippen LogP contribution in [0.5, 0.6) is 0 Å². The van der Waals surface area contributed by atoms with Crippen molar-refractivity contribution in [3.63, 3.8) is 0 Å². The van der Waals surface area contributed by atoms with Crippen molar-refractivity contribution in [1.29, 1.82) is 0 Å². The SMILES string of the molecule is CC(CCNC(=O)c1ccc(N)cc1)CCC(=O)O. The second-order valence-corrected chi connectivity index (χ2v) is 4.70. The summed E-state index contributed by atoms with van der Waals surface area (Å²) >= 11 is 0. The molecule has 1 atom stereocenters. The topological polar surface area (TPSA) is 92.4 Å². The van der Waals surface area contributed by atoms with Crippen molar-refractivity contribution in [1.82, 2.24) is 5.32 Å². The summed E-state index contributed by atoms with van der Waals surface area (Å²) in [7, 11) is 0. The molecule has 0 aliphatic heterocycles. The van der Waals surface area contributed by atoms with Gasteiger partial charge in [-0.25, -0.2) is 0 Å². The van der Waals surface area contributed by atoms with E-state index in [4.69, 9.17) is 10.8 Å². The predicted molar refractivity (Wildman–Crippen MR) is 73.8 cm³/mol. The molecule has 1 rings (SSSR count). The monoisotopic (exact) mass is 264 g/mol. The molecule has 1 aromatic carbocycles. The summed E-state index contributed by atoms with van der Waals surface area (Å²) in [6, 6.07) is 6.73. The first kappa shape index (κ1) is 15.0. The average molecular weight is 264 g/mol. The quantitative estimate of drug-likeness (QED) is 0.656. The third-order valence-corrected chi connectivity index (χ3v) is 2.95. The lowest BCUT2D eigenvalue weighted by Crippen LogP contribution is -2.25. The summed E-state index contributed by atoms with van der Waals surface area (Å²) in [5, 5.41) is 11.4. The summed E-state index contributed by atoms with van der Waals surface area (Å²) in [4.78, 5) is 22.2. The Hall–Kier alpha value is -2.04. The third kappa shape index (κ3) is 5.90. The lowest BCUT2D eigenvalue weighted by Gasteiger charge is -2.10. The minimum Gasteiger partial charge on any atom is -0.481 e. The van der Waals surface area contributed by atoms with E-state index in [2.05, 4.69) is 5.32 Å². The zero-order chi connectivity index (χ0) is 14.3. The van der Waals surface area contributed by atoms with Gasteiger partial charge in [0.15, 0.2) is 0 Å². The van der Waals surface area contributed by atoms with Crippen LogP contribution in [0.2, 0.25) is 0 Å². The molecule has 1 aromatic rings. The fourth-order valence-electron chi connectivity index (χ4n) is 1.68. The number of anilines is 1. The molecule has 0 aromatic heterocycles. The molecular weight excluding hydrogens is 244 g/mol. The number of carboxylic acids is 1. The van der Waals surface area contributed by atoms with Crippen LogP contribution in [0, 0.1) is 5.92 Å². The molecule has 0 heterocycles. The highest BCUT2D eigenvalue weighted by Crippen LogP contribution is 2.10. The number of rotatable bonds is 7. The first-order valence-corrected chi connectivity index (χ1v) is 6.34. The van der Waals surface area contributed by atoms with Crippen LogP contribution >= 0.6 is 0 Å². The Morgan fingerprint density at radius 2 is 1.89 bits per heavy atom.